The Morgan fingerprint density at radius 3 is 2.41 bits per heavy atom. The number of aliphatic hydroxyl groups excluding tert-OH is 1. The summed E-state index contributed by atoms with van der Waals surface area (Å²) in [4.78, 5) is 34.5. The number of halogens is 6. The smallest absolute Gasteiger partial charge is 0.425 e. The Balaban J connectivity index is 1.46. The fourth-order valence-electron chi connectivity index (χ4n) is 7.68. The molecule has 304 valence electrons. The molecular formula is C39H44F6N4O6S. The molecule has 0 bridgehead atoms. The zero-order valence-corrected chi connectivity index (χ0v) is 31.6. The van der Waals surface area contributed by atoms with E-state index < -0.39 is 63.5 Å². The van der Waals surface area contributed by atoms with Crippen molar-refractivity contribution in [2.75, 3.05) is 26.2 Å². The van der Waals surface area contributed by atoms with Crippen molar-refractivity contribution in [2.24, 2.45) is 0 Å². The molecule has 0 unspecified atom stereocenters. The van der Waals surface area contributed by atoms with Crippen LogP contribution in [-0.2, 0) is 22.6 Å². The number of carbonyl (C=O) groups excluding carboxylic acids is 2. The second-order valence-corrected chi connectivity index (χ2v) is 15.0. The van der Waals surface area contributed by atoms with Gasteiger partial charge in [-0.15, -0.1) is 11.3 Å². The molecule has 3 aromatic rings. The van der Waals surface area contributed by atoms with E-state index in [1.807, 2.05) is 0 Å². The maximum Gasteiger partial charge on any atom is 0.425 e. The summed E-state index contributed by atoms with van der Waals surface area (Å²) in [6, 6.07) is 9.80. The Morgan fingerprint density at radius 1 is 1.04 bits per heavy atom. The minimum atomic E-state index is -4.90. The molecule has 0 spiro atoms. The number of rotatable bonds is 14. The predicted molar refractivity (Wildman–Crippen MR) is 193 cm³/mol. The zero-order chi connectivity index (χ0) is 40.7. The van der Waals surface area contributed by atoms with E-state index in [0.717, 1.165) is 28.7 Å². The number of likely N-dealkylation sites (tertiary alicyclic amines) is 2. The number of hydrogen-bond acceptors (Lipinski definition) is 9. The van der Waals surface area contributed by atoms with Gasteiger partial charge in [0.1, 0.15) is 16.4 Å². The van der Waals surface area contributed by atoms with Gasteiger partial charge in [0.25, 0.3) is 11.8 Å². The number of piperidine rings is 2. The van der Waals surface area contributed by atoms with Crippen LogP contribution < -0.4 is 9.47 Å². The van der Waals surface area contributed by atoms with Gasteiger partial charge >= 0.3 is 12.4 Å². The lowest BCUT2D eigenvalue weighted by Gasteiger charge is -2.51. The monoisotopic (exact) mass is 810 g/mol. The van der Waals surface area contributed by atoms with Crippen LogP contribution in [0.25, 0.3) is 0 Å². The van der Waals surface area contributed by atoms with Crippen molar-refractivity contribution in [1.82, 2.24) is 14.8 Å². The van der Waals surface area contributed by atoms with Crippen LogP contribution in [0.3, 0.4) is 0 Å². The number of carbonyl (C=O) groups is 2. The summed E-state index contributed by atoms with van der Waals surface area (Å²) >= 11 is 0.370. The Bertz CT molecular complexity index is 1860. The molecule has 2 aromatic heterocycles. The molecule has 2 amide bonds. The summed E-state index contributed by atoms with van der Waals surface area (Å²) in [5.41, 5.74) is -4.36. The number of hydrogen-bond donors (Lipinski definition) is 2. The lowest BCUT2D eigenvalue weighted by molar-refractivity contribution is -0.160. The molecule has 5 rings (SSSR count). The second kappa shape index (κ2) is 17.8. The van der Waals surface area contributed by atoms with Gasteiger partial charge in [0, 0.05) is 55.5 Å². The third-order valence-corrected chi connectivity index (χ3v) is 11.4. The third-order valence-electron chi connectivity index (χ3n) is 10.4. The second-order valence-electron chi connectivity index (χ2n) is 14.1. The highest BCUT2D eigenvalue weighted by atomic mass is 32.1. The largest absolute Gasteiger partial charge is 0.493 e. The van der Waals surface area contributed by atoms with Crippen LogP contribution in [0, 0.1) is 11.3 Å². The predicted octanol–water partition coefficient (Wildman–Crippen LogP) is 7.74. The molecule has 2 saturated heterocycles. The number of nitriles is 1. The fourth-order valence-corrected chi connectivity index (χ4v) is 8.36. The maximum atomic E-state index is 15.0. The Hall–Kier alpha value is -4.40. The van der Waals surface area contributed by atoms with Crippen LogP contribution in [0.2, 0.25) is 0 Å². The lowest BCUT2D eigenvalue weighted by Crippen LogP contribution is -2.68. The molecule has 1 aromatic carbocycles. The average molecular weight is 811 g/mol. The summed E-state index contributed by atoms with van der Waals surface area (Å²) < 4.78 is 95.8. The number of alkyl halides is 6. The minimum Gasteiger partial charge on any atom is -0.493 e. The van der Waals surface area contributed by atoms with E-state index in [9.17, 15) is 41.2 Å². The molecule has 10 nitrogen and oxygen atoms in total. The van der Waals surface area contributed by atoms with Gasteiger partial charge in [-0.2, -0.15) is 31.6 Å². The van der Waals surface area contributed by atoms with Crippen molar-refractivity contribution in [3.63, 3.8) is 0 Å². The quantitative estimate of drug-likeness (QED) is 0.0960. The van der Waals surface area contributed by atoms with Crippen molar-refractivity contribution < 1.29 is 55.6 Å². The number of unbranched alkanes of at least 4 members (excludes halogenated alkanes) is 2. The molecule has 2 N–H and O–H groups in total. The van der Waals surface area contributed by atoms with E-state index in [4.69, 9.17) is 19.7 Å². The topological polar surface area (TPSA) is 136 Å². The van der Waals surface area contributed by atoms with Gasteiger partial charge in [0.2, 0.25) is 5.60 Å². The van der Waals surface area contributed by atoms with Crippen LogP contribution in [-0.4, -0.2) is 81.0 Å². The highest BCUT2D eigenvalue weighted by molar-refractivity contribution is 7.10. The van der Waals surface area contributed by atoms with E-state index in [0.29, 0.717) is 61.0 Å². The number of para-hydroxylation sites is 1. The number of nitrogens with zero attached hydrogens (tertiary/aromatic N) is 4. The summed E-state index contributed by atoms with van der Waals surface area (Å²) in [6.45, 7) is 2.09. The summed E-state index contributed by atoms with van der Waals surface area (Å²) in [5, 5.41) is 29.9. The van der Waals surface area contributed by atoms with Gasteiger partial charge in [0.05, 0.1) is 35.3 Å². The molecule has 0 aliphatic carbocycles. The van der Waals surface area contributed by atoms with Gasteiger partial charge in [-0.1, -0.05) is 31.5 Å². The standard InChI is InChI=1S/C39H44F6N4O6S/c1-2-9-31-37(55-26-22-32(56-24-26)39(43,44)45,14-8-18-49(31)34(52)27-23-47-17-13-28(27)38(40,41)42)35(53)48-19-15-36(25-46,16-20-48)29-10-5-6-11-30(29)54-21-7-3-4-12-33(50)51/h5-6,10-11,13,17,22-24,31,33,50-51H,2-4,7-9,12,14-16,18-21H2,1H3/t31-,37+/m1/s1. The fraction of sp³-hybridized carbons (Fsp3) is 0.538. The summed E-state index contributed by atoms with van der Waals surface area (Å²) in [6.07, 6.45) is -6.27. The van der Waals surface area contributed by atoms with Crippen molar-refractivity contribution in [2.45, 2.75) is 107 Å². The first-order valence-corrected chi connectivity index (χ1v) is 19.4. The molecule has 2 aliphatic rings. The van der Waals surface area contributed by atoms with Gasteiger partial charge in [0.15, 0.2) is 6.29 Å². The lowest BCUT2D eigenvalue weighted by atomic mass is 9.72. The first-order chi connectivity index (χ1) is 26.6. The molecule has 2 fully saturated rings. The number of thiophene rings is 1. The van der Waals surface area contributed by atoms with E-state index in [-0.39, 0.29) is 63.9 Å². The number of benzene rings is 1. The number of pyridine rings is 1. The number of aromatic nitrogens is 1. The zero-order valence-electron chi connectivity index (χ0n) is 30.7. The summed E-state index contributed by atoms with van der Waals surface area (Å²) in [7, 11) is 0. The molecule has 2 aliphatic heterocycles. The first kappa shape index (κ1) is 42.7. The van der Waals surface area contributed by atoms with Crippen LogP contribution in [0.1, 0.15) is 97.5 Å². The average Bonchev–Trinajstić information content (AvgIpc) is 3.65. The Labute approximate surface area is 324 Å². The highest BCUT2D eigenvalue weighted by Gasteiger charge is 2.57. The molecule has 17 heteroatoms. The molecule has 0 radical (unpaired) electrons. The van der Waals surface area contributed by atoms with Crippen LogP contribution in [0.4, 0.5) is 26.3 Å². The van der Waals surface area contributed by atoms with Gasteiger partial charge in [-0.3, -0.25) is 14.6 Å². The van der Waals surface area contributed by atoms with Gasteiger partial charge in [-0.05, 0) is 63.5 Å². The van der Waals surface area contributed by atoms with Crippen molar-refractivity contribution >= 4 is 23.2 Å². The maximum absolute atomic E-state index is 15.0. The molecular weight excluding hydrogens is 767 g/mol. The van der Waals surface area contributed by atoms with Gasteiger partial charge < -0.3 is 29.5 Å². The molecule has 56 heavy (non-hydrogen) atoms. The van der Waals surface area contributed by atoms with E-state index in [1.54, 1.807) is 31.2 Å². The first-order valence-electron chi connectivity index (χ1n) is 18.5. The van der Waals surface area contributed by atoms with E-state index in [1.165, 1.54) is 4.90 Å². The third kappa shape index (κ3) is 9.41. The van der Waals surface area contributed by atoms with E-state index in [2.05, 4.69) is 11.1 Å². The van der Waals surface area contributed by atoms with Crippen molar-refractivity contribution in [1.29, 1.82) is 5.26 Å². The SMILES string of the molecule is CCC[C@H]1N(C(=O)c2cnccc2C(F)(F)F)CCC[C@@]1(Oc1csc(C(F)(F)F)c1)C(=O)N1CCC(C#N)(c2ccccc2OCCCCCC(O)O)CC1. The normalized spacial score (nSPS) is 20.1. The van der Waals surface area contributed by atoms with Crippen molar-refractivity contribution in [3.8, 4) is 17.6 Å². The minimum absolute atomic E-state index is 0.0282. The molecule has 0 saturated carbocycles. The van der Waals surface area contributed by atoms with E-state index >= 15 is 0 Å². The van der Waals surface area contributed by atoms with Crippen LogP contribution in [0.15, 0.2) is 54.2 Å². The summed E-state index contributed by atoms with van der Waals surface area (Å²) in [5.74, 6) is -1.44. The highest BCUT2D eigenvalue weighted by Crippen LogP contribution is 2.45. The Morgan fingerprint density at radius 2 is 1.77 bits per heavy atom. The number of aliphatic hydroxyl groups is 2. The van der Waals surface area contributed by atoms with Crippen LogP contribution in [0.5, 0.6) is 11.5 Å². The molecule has 2 atom stereocenters. The van der Waals surface area contributed by atoms with Crippen LogP contribution >= 0.6 is 11.3 Å². The van der Waals surface area contributed by atoms with Crippen molar-refractivity contribution in [3.05, 3.63) is 75.7 Å². The Kier molecular flexibility index (Phi) is 13.6. The number of amides is 2. The number of ether oxygens (including phenoxy) is 2. The van der Waals surface area contributed by atoms with Gasteiger partial charge in [-0.25, -0.2) is 0 Å². The molecule has 4 heterocycles.